The van der Waals surface area contributed by atoms with Crippen LogP contribution in [-0.4, -0.2) is 24.6 Å². The Bertz CT molecular complexity index is 212. The number of hydrogen-bond acceptors (Lipinski definition) is 2. The maximum absolute atomic E-state index is 5.91. The molecule has 14 heavy (non-hydrogen) atoms. The number of ether oxygens (including phenoxy) is 1. The Morgan fingerprint density at radius 1 is 1.50 bits per heavy atom. The molecule has 0 aromatic carbocycles. The first-order chi connectivity index (χ1) is 6.41. The van der Waals surface area contributed by atoms with E-state index < -0.39 is 0 Å². The van der Waals surface area contributed by atoms with Crippen molar-refractivity contribution in [3.63, 3.8) is 0 Å². The molecule has 2 unspecified atom stereocenters. The van der Waals surface area contributed by atoms with Crippen LogP contribution in [0.15, 0.2) is 4.99 Å². The van der Waals surface area contributed by atoms with E-state index in [1.165, 1.54) is 0 Å². The molecule has 0 amide bonds. The van der Waals surface area contributed by atoms with Gasteiger partial charge in [0.2, 0.25) is 0 Å². The summed E-state index contributed by atoms with van der Waals surface area (Å²) in [5.41, 5.74) is 5.88. The van der Waals surface area contributed by atoms with Gasteiger partial charge in [-0.3, -0.25) is 4.99 Å². The van der Waals surface area contributed by atoms with Crippen molar-refractivity contribution in [3.05, 3.63) is 0 Å². The largest absolute Gasteiger partial charge is 0.387 e. The molecule has 0 aromatic heterocycles. The zero-order valence-electron chi connectivity index (χ0n) is 9.71. The van der Waals surface area contributed by atoms with Crippen LogP contribution in [0.25, 0.3) is 0 Å². The van der Waals surface area contributed by atoms with E-state index in [4.69, 9.17) is 10.5 Å². The molecular weight excluding hydrogens is 176 g/mol. The summed E-state index contributed by atoms with van der Waals surface area (Å²) in [6, 6.07) is 0.191. The number of amidine groups is 1. The summed E-state index contributed by atoms with van der Waals surface area (Å²) in [5, 5.41) is 0. The number of rotatable bonds is 2. The first-order valence-electron chi connectivity index (χ1n) is 5.36. The normalized spacial score (nSPS) is 26.6. The monoisotopic (exact) mass is 198 g/mol. The third-order valence-corrected chi connectivity index (χ3v) is 2.61. The Morgan fingerprint density at radius 2 is 2.14 bits per heavy atom. The fraction of sp³-hybridized carbons (Fsp3) is 0.909. The maximum atomic E-state index is 5.91. The molecule has 1 aliphatic heterocycles. The summed E-state index contributed by atoms with van der Waals surface area (Å²) in [6.45, 7) is 9.19. The van der Waals surface area contributed by atoms with Crippen LogP contribution in [0.5, 0.6) is 0 Å². The molecule has 0 bridgehead atoms. The molecule has 1 saturated heterocycles. The lowest BCUT2D eigenvalue weighted by Gasteiger charge is -2.21. The highest BCUT2D eigenvalue weighted by molar-refractivity contribution is 5.85. The Balaban J connectivity index is 2.57. The second-order valence-electron chi connectivity index (χ2n) is 5.06. The van der Waals surface area contributed by atoms with E-state index in [0.29, 0.717) is 0 Å². The van der Waals surface area contributed by atoms with Gasteiger partial charge < -0.3 is 10.5 Å². The first-order valence-corrected chi connectivity index (χ1v) is 5.36. The van der Waals surface area contributed by atoms with Crippen LogP contribution < -0.4 is 5.73 Å². The first kappa shape index (κ1) is 11.5. The second kappa shape index (κ2) is 4.30. The fourth-order valence-corrected chi connectivity index (χ4v) is 1.48. The van der Waals surface area contributed by atoms with Crippen molar-refractivity contribution in [3.8, 4) is 0 Å². The van der Waals surface area contributed by atoms with Crippen molar-refractivity contribution in [1.29, 1.82) is 0 Å². The Hall–Kier alpha value is -0.570. The molecule has 0 spiro atoms. The predicted octanol–water partition coefficient (Wildman–Crippen LogP) is 1.96. The molecule has 0 aromatic rings. The molecule has 2 atom stereocenters. The van der Waals surface area contributed by atoms with Gasteiger partial charge in [0.1, 0.15) is 0 Å². The smallest absolute Gasteiger partial charge is 0.0995 e. The van der Waals surface area contributed by atoms with Crippen molar-refractivity contribution >= 4 is 5.84 Å². The van der Waals surface area contributed by atoms with E-state index in [1.54, 1.807) is 0 Å². The summed E-state index contributed by atoms with van der Waals surface area (Å²) < 4.78 is 5.57. The highest BCUT2D eigenvalue weighted by Crippen LogP contribution is 2.20. The fourth-order valence-electron chi connectivity index (χ4n) is 1.48. The zero-order valence-corrected chi connectivity index (χ0v) is 9.71. The van der Waals surface area contributed by atoms with Crippen LogP contribution in [-0.2, 0) is 4.74 Å². The summed E-state index contributed by atoms with van der Waals surface area (Å²) >= 11 is 0. The van der Waals surface area contributed by atoms with Crippen molar-refractivity contribution < 1.29 is 4.74 Å². The molecule has 1 aliphatic rings. The van der Waals surface area contributed by atoms with Gasteiger partial charge in [-0.05, 0) is 19.8 Å². The Kier molecular flexibility index (Phi) is 3.53. The Labute approximate surface area is 86.7 Å². The van der Waals surface area contributed by atoms with Gasteiger partial charge in [0, 0.05) is 12.0 Å². The van der Waals surface area contributed by atoms with Gasteiger partial charge in [0.15, 0.2) is 0 Å². The molecule has 0 saturated carbocycles. The highest BCUT2D eigenvalue weighted by atomic mass is 16.5. The summed E-state index contributed by atoms with van der Waals surface area (Å²) in [5.74, 6) is 0.723. The van der Waals surface area contributed by atoms with E-state index in [0.717, 1.165) is 25.3 Å². The van der Waals surface area contributed by atoms with Crippen LogP contribution >= 0.6 is 0 Å². The molecule has 0 radical (unpaired) electrons. The van der Waals surface area contributed by atoms with E-state index >= 15 is 0 Å². The van der Waals surface area contributed by atoms with E-state index in [9.17, 15) is 0 Å². The van der Waals surface area contributed by atoms with Crippen LogP contribution in [0.4, 0.5) is 0 Å². The molecule has 82 valence electrons. The molecule has 3 nitrogen and oxygen atoms in total. The van der Waals surface area contributed by atoms with Gasteiger partial charge in [-0.1, -0.05) is 20.8 Å². The highest BCUT2D eigenvalue weighted by Gasteiger charge is 2.24. The van der Waals surface area contributed by atoms with Crippen molar-refractivity contribution in [2.75, 3.05) is 6.61 Å². The molecule has 1 fully saturated rings. The minimum Gasteiger partial charge on any atom is -0.387 e. The lowest BCUT2D eigenvalue weighted by atomic mass is 9.95. The van der Waals surface area contributed by atoms with Gasteiger partial charge in [0.05, 0.1) is 18.0 Å². The molecule has 2 N–H and O–H groups in total. The standard InChI is InChI=1S/C11H22N2O/c1-8(9-6-5-7-14-9)13-10(12)11(2,3)4/h8-9H,5-7H2,1-4H3,(H2,12,13). The quantitative estimate of drug-likeness (QED) is 0.544. The average Bonchev–Trinajstić information content (AvgIpc) is 2.53. The number of hydrogen-bond donors (Lipinski definition) is 1. The SMILES string of the molecule is CC(N=C(N)C(C)(C)C)C1CCCO1. The van der Waals surface area contributed by atoms with E-state index in [2.05, 4.69) is 32.7 Å². The van der Waals surface area contributed by atoms with Crippen molar-refractivity contribution in [2.24, 2.45) is 16.1 Å². The van der Waals surface area contributed by atoms with Crippen LogP contribution in [0, 0.1) is 5.41 Å². The van der Waals surface area contributed by atoms with Gasteiger partial charge in [-0.15, -0.1) is 0 Å². The molecule has 3 heteroatoms. The molecular formula is C11H22N2O. The van der Waals surface area contributed by atoms with Gasteiger partial charge in [0.25, 0.3) is 0 Å². The minimum absolute atomic E-state index is 0.0349. The van der Waals surface area contributed by atoms with Crippen molar-refractivity contribution in [2.45, 2.75) is 52.7 Å². The lowest BCUT2D eigenvalue weighted by Crippen LogP contribution is -2.32. The van der Waals surface area contributed by atoms with E-state index in [1.807, 2.05) is 0 Å². The zero-order chi connectivity index (χ0) is 10.8. The summed E-state index contributed by atoms with van der Waals surface area (Å²) in [6.07, 6.45) is 2.54. The molecule has 0 aliphatic carbocycles. The number of nitrogens with two attached hydrogens (primary N) is 1. The summed E-state index contributed by atoms with van der Waals surface area (Å²) in [4.78, 5) is 4.50. The minimum atomic E-state index is -0.0349. The third kappa shape index (κ3) is 2.98. The Morgan fingerprint density at radius 3 is 2.57 bits per heavy atom. The van der Waals surface area contributed by atoms with Gasteiger partial charge in [-0.2, -0.15) is 0 Å². The number of aliphatic imine (C=N–C) groups is 1. The molecule has 1 rings (SSSR count). The summed E-state index contributed by atoms with van der Waals surface area (Å²) in [7, 11) is 0. The lowest BCUT2D eigenvalue weighted by molar-refractivity contribution is 0.0950. The van der Waals surface area contributed by atoms with E-state index in [-0.39, 0.29) is 17.6 Å². The second-order valence-corrected chi connectivity index (χ2v) is 5.06. The van der Waals surface area contributed by atoms with Crippen LogP contribution in [0.3, 0.4) is 0 Å². The third-order valence-electron chi connectivity index (χ3n) is 2.61. The van der Waals surface area contributed by atoms with Crippen LogP contribution in [0.1, 0.15) is 40.5 Å². The topological polar surface area (TPSA) is 47.6 Å². The van der Waals surface area contributed by atoms with Gasteiger partial charge in [-0.25, -0.2) is 0 Å². The van der Waals surface area contributed by atoms with Crippen molar-refractivity contribution in [1.82, 2.24) is 0 Å². The van der Waals surface area contributed by atoms with Crippen LogP contribution in [0.2, 0.25) is 0 Å². The van der Waals surface area contributed by atoms with Gasteiger partial charge >= 0.3 is 0 Å². The predicted molar refractivity (Wildman–Crippen MR) is 59.5 cm³/mol. The maximum Gasteiger partial charge on any atom is 0.0995 e. The number of nitrogens with zero attached hydrogens (tertiary/aromatic N) is 1. The molecule has 1 heterocycles. The average molecular weight is 198 g/mol.